The van der Waals surface area contributed by atoms with Crippen LogP contribution in [0.2, 0.25) is 0 Å². The fourth-order valence-electron chi connectivity index (χ4n) is 1.14. The van der Waals surface area contributed by atoms with Crippen LogP contribution < -0.4 is 5.32 Å². The monoisotopic (exact) mass is 253 g/mol. The maximum absolute atomic E-state index is 11.3. The molecule has 7 heteroatoms. The van der Waals surface area contributed by atoms with Gasteiger partial charge < -0.3 is 19.9 Å². The number of rotatable bonds is 6. The molecule has 1 aromatic heterocycles. The van der Waals surface area contributed by atoms with Crippen molar-refractivity contribution in [1.82, 2.24) is 5.32 Å². The topological polar surface area (TPSA) is 117 Å². The lowest BCUT2D eigenvalue weighted by Crippen LogP contribution is -2.41. The summed E-state index contributed by atoms with van der Waals surface area (Å²) in [6.07, 6.45) is 3.14. The van der Waals surface area contributed by atoms with Crippen molar-refractivity contribution in [1.29, 1.82) is 0 Å². The summed E-state index contributed by atoms with van der Waals surface area (Å²) >= 11 is 0. The van der Waals surface area contributed by atoms with Gasteiger partial charge in [-0.25, -0.2) is 4.79 Å². The zero-order chi connectivity index (χ0) is 13.5. The Labute approximate surface area is 102 Å². The summed E-state index contributed by atoms with van der Waals surface area (Å²) in [6, 6.07) is 1.77. The van der Waals surface area contributed by atoms with Crippen molar-refractivity contribution in [3.8, 4) is 0 Å². The number of carbonyl (C=O) groups excluding carboxylic acids is 1. The smallest absolute Gasteiger partial charge is 0.326 e. The molecule has 1 amide bonds. The number of hydrogen-bond donors (Lipinski definition) is 3. The first-order valence-electron chi connectivity index (χ1n) is 4.95. The molecule has 1 atom stereocenters. The van der Waals surface area contributed by atoms with Crippen LogP contribution in [0.1, 0.15) is 12.2 Å². The highest BCUT2D eigenvalue weighted by molar-refractivity contribution is 5.95. The highest BCUT2D eigenvalue weighted by Gasteiger charge is 2.21. The number of carbonyl (C=O) groups is 3. The molecule has 0 aliphatic heterocycles. The highest BCUT2D eigenvalue weighted by Crippen LogP contribution is 2.02. The van der Waals surface area contributed by atoms with E-state index in [0.29, 0.717) is 5.76 Å². The lowest BCUT2D eigenvalue weighted by molar-refractivity contribution is -0.146. The molecular formula is C11H11NO6. The molecule has 1 unspecified atom stereocenters. The van der Waals surface area contributed by atoms with E-state index in [-0.39, 0.29) is 0 Å². The number of aliphatic carboxylic acids is 2. The Morgan fingerprint density at radius 1 is 1.39 bits per heavy atom. The molecule has 0 bridgehead atoms. The molecule has 0 aliphatic carbocycles. The van der Waals surface area contributed by atoms with E-state index in [1.165, 1.54) is 12.3 Å². The van der Waals surface area contributed by atoms with E-state index in [1.54, 1.807) is 12.1 Å². The van der Waals surface area contributed by atoms with Crippen molar-refractivity contribution >= 4 is 23.9 Å². The molecule has 1 aromatic rings. The standard InChI is InChI=1S/C11H11NO6/c13-9(4-3-7-2-1-5-18-7)12-8(11(16)17)6-10(14)15/h1-5,8H,6H2,(H,12,13)(H,14,15)(H,16,17)/b4-3+. The second-order valence-corrected chi connectivity index (χ2v) is 3.35. The Balaban J connectivity index is 2.56. The third-order valence-electron chi connectivity index (χ3n) is 1.94. The van der Waals surface area contributed by atoms with Crippen LogP contribution in [0, 0.1) is 0 Å². The molecule has 0 saturated carbocycles. The molecule has 1 rings (SSSR count). The molecule has 96 valence electrons. The Morgan fingerprint density at radius 2 is 2.11 bits per heavy atom. The number of amides is 1. The van der Waals surface area contributed by atoms with Crippen molar-refractivity contribution in [3.63, 3.8) is 0 Å². The van der Waals surface area contributed by atoms with Gasteiger partial charge in [-0.2, -0.15) is 0 Å². The van der Waals surface area contributed by atoms with Gasteiger partial charge in [-0.05, 0) is 18.2 Å². The SMILES string of the molecule is O=C(O)CC(NC(=O)/C=C/c1ccco1)C(=O)O. The van der Waals surface area contributed by atoms with Crippen LogP contribution in [-0.2, 0) is 14.4 Å². The van der Waals surface area contributed by atoms with Gasteiger partial charge in [0.25, 0.3) is 0 Å². The average Bonchev–Trinajstić information content (AvgIpc) is 2.77. The maximum atomic E-state index is 11.3. The first-order chi connectivity index (χ1) is 8.49. The predicted molar refractivity (Wildman–Crippen MR) is 59.6 cm³/mol. The number of hydrogen-bond acceptors (Lipinski definition) is 4. The molecule has 0 aromatic carbocycles. The number of nitrogens with one attached hydrogen (secondary N) is 1. The molecule has 0 fully saturated rings. The van der Waals surface area contributed by atoms with Gasteiger partial charge in [-0.15, -0.1) is 0 Å². The van der Waals surface area contributed by atoms with Gasteiger partial charge in [-0.3, -0.25) is 9.59 Å². The van der Waals surface area contributed by atoms with Gasteiger partial charge in [0, 0.05) is 6.08 Å². The maximum Gasteiger partial charge on any atom is 0.326 e. The van der Waals surface area contributed by atoms with Gasteiger partial charge in [0.15, 0.2) is 0 Å². The van der Waals surface area contributed by atoms with Gasteiger partial charge in [0.2, 0.25) is 5.91 Å². The van der Waals surface area contributed by atoms with E-state index < -0.39 is 30.3 Å². The Bertz CT molecular complexity index is 462. The minimum atomic E-state index is -1.46. The van der Waals surface area contributed by atoms with E-state index in [1.807, 2.05) is 0 Å². The van der Waals surface area contributed by atoms with Crippen molar-refractivity contribution < 1.29 is 29.0 Å². The zero-order valence-corrected chi connectivity index (χ0v) is 9.20. The van der Waals surface area contributed by atoms with Crippen molar-refractivity contribution in [3.05, 3.63) is 30.2 Å². The van der Waals surface area contributed by atoms with Crippen LogP contribution in [0.4, 0.5) is 0 Å². The summed E-state index contributed by atoms with van der Waals surface area (Å²) in [7, 11) is 0. The van der Waals surface area contributed by atoms with E-state index in [9.17, 15) is 14.4 Å². The van der Waals surface area contributed by atoms with Crippen LogP contribution in [-0.4, -0.2) is 34.1 Å². The molecule has 0 radical (unpaired) electrons. The zero-order valence-electron chi connectivity index (χ0n) is 9.20. The number of carboxylic acid groups (broad SMARTS) is 2. The molecule has 7 nitrogen and oxygen atoms in total. The normalized spacial score (nSPS) is 12.2. The van der Waals surface area contributed by atoms with Gasteiger partial charge in [-0.1, -0.05) is 0 Å². The molecule has 0 spiro atoms. The number of furan rings is 1. The summed E-state index contributed by atoms with van der Waals surface area (Å²) in [5.74, 6) is -3.00. The molecule has 3 N–H and O–H groups in total. The van der Waals surface area contributed by atoms with Crippen molar-refractivity contribution in [2.24, 2.45) is 0 Å². The minimum Gasteiger partial charge on any atom is -0.481 e. The van der Waals surface area contributed by atoms with Gasteiger partial charge >= 0.3 is 11.9 Å². The molecule has 18 heavy (non-hydrogen) atoms. The Kier molecular flexibility index (Phi) is 4.67. The first kappa shape index (κ1) is 13.5. The summed E-state index contributed by atoms with van der Waals surface area (Å²) in [4.78, 5) is 32.4. The summed E-state index contributed by atoms with van der Waals surface area (Å²) in [6.45, 7) is 0. The number of carboxylic acids is 2. The van der Waals surface area contributed by atoms with Crippen molar-refractivity contribution in [2.45, 2.75) is 12.5 Å². The van der Waals surface area contributed by atoms with E-state index in [0.717, 1.165) is 6.08 Å². The van der Waals surface area contributed by atoms with Crippen molar-refractivity contribution in [2.75, 3.05) is 0 Å². The quantitative estimate of drug-likeness (QED) is 0.629. The van der Waals surface area contributed by atoms with E-state index in [2.05, 4.69) is 5.32 Å². The van der Waals surface area contributed by atoms with E-state index >= 15 is 0 Å². The minimum absolute atomic E-state index is 0.426. The lowest BCUT2D eigenvalue weighted by atomic mass is 10.2. The molecule has 0 aliphatic rings. The molecule has 1 heterocycles. The second kappa shape index (κ2) is 6.24. The Morgan fingerprint density at radius 3 is 2.61 bits per heavy atom. The first-order valence-corrected chi connectivity index (χ1v) is 4.95. The largest absolute Gasteiger partial charge is 0.481 e. The van der Waals surface area contributed by atoms with Crippen LogP contribution in [0.25, 0.3) is 6.08 Å². The lowest BCUT2D eigenvalue weighted by Gasteiger charge is -2.10. The second-order valence-electron chi connectivity index (χ2n) is 3.35. The fourth-order valence-corrected chi connectivity index (χ4v) is 1.14. The molecule has 0 saturated heterocycles. The van der Waals surface area contributed by atoms with E-state index in [4.69, 9.17) is 14.6 Å². The predicted octanol–water partition coefficient (Wildman–Crippen LogP) is 0.337. The summed E-state index contributed by atoms with van der Waals surface area (Å²) in [5.41, 5.74) is 0. The van der Waals surface area contributed by atoms with Gasteiger partial charge in [0.1, 0.15) is 11.8 Å². The average molecular weight is 253 g/mol. The third kappa shape index (κ3) is 4.52. The van der Waals surface area contributed by atoms with Gasteiger partial charge in [0.05, 0.1) is 12.7 Å². The summed E-state index contributed by atoms with van der Waals surface area (Å²) in [5, 5.41) is 19.2. The van der Waals surface area contributed by atoms with Crippen LogP contribution in [0.5, 0.6) is 0 Å². The fraction of sp³-hybridized carbons (Fsp3) is 0.182. The van der Waals surface area contributed by atoms with Crippen LogP contribution >= 0.6 is 0 Å². The summed E-state index contributed by atoms with van der Waals surface area (Å²) < 4.78 is 4.92. The Hall–Kier alpha value is -2.57. The van der Waals surface area contributed by atoms with Crippen LogP contribution in [0.15, 0.2) is 28.9 Å². The molecular weight excluding hydrogens is 242 g/mol. The highest BCUT2D eigenvalue weighted by atomic mass is 16.4. The van der Waals surface area contributed by atoms with Crippen LogP contribution in [0.3, 0.4) is 0 Å². The third-order valence-corrected chi connectivity index (χ3v) is 1.94.